The Kier molecular flexibility index (Phi) is 6.61. The first kappa shape index (κ1) is 21.4. The van der Waals surface area contributed by atoms with Crippen LogP contribution in [0, 0.1) is 12.8 Å². The minimum Gasteiger partial charge on any atom is -0.488 e. The Morgan fingerprint density at radius 1 is 1.23 bits per heavy atom. The fraction of sp³-hybridized carbons (Fsp3) is 0.333. The average Bonchev–Trinajstić information content (AvgIpc) is 3.43. The van der Waals surface area contributed by atoms with Crippen molar-refractivity contribution in [2.75, 3.05) is 12.4 Å². The number of ether oxygens (including phenoxy) is 2. The van der Waals surface area contributed by atoms with Crippen LogP contribution in [-0.4, -0.2) is 32.0 Å². The smallest absolute Gasteiger partial charge is 0.308 e. The Bertz CT molecular complexity index is 1050. The van der Waals surface area contributed by atoms with E-state index in [-0.39, 0.29) is 17.9 Å². The van der Waals surface area contributed by atoms with Crippen molar-refractivity contribution in [3.8, 4) is 17.0 Å². The molecular weight excluding hydrogens is 407 g/mol. The maximum atomic E-state index is 11.8. The van der Waals surface area contributed by atoms with E-state index in [0.717, 1.165) is 58.0 Å². The standard InChI is InChI=1S/C24H25BN2O3S/c1-15-3-10-22(30-13-16-4-7-18(25)8-5-16)20(11-15)21-14-31-24(27-21)26-19-9-6-17(12-19)23(28)29-2/h3-5,7-8,10-11,14,17,19H,6,9,12-13H2,1-2H3,(H,26,27)/t17-,19+/m1/s1. The van der Waals surface area contributed by atoms with Crippen LogP contribution < -0.4 is 15.5 Å². The number of aromatic nitrogens is 1. The number of thiazole rings is 1. The lowest BCUT2D eigenvalue weighted by atomic mass is 9.95. The normalized spacial score (nSPS) is 18.0. The van der Waals surface area contributed by atoms with Crippen molar-refractivity contribution < 1.29 is 14.3 Å². The summed E-state index contributed by atoms with van der Waals surface area (Å²) in [6, 6.07) is 14.1. The fourth-order valence-corrected chi connectivity index (χ4v) is 4.67. The number of carbonyl (C=O) groups is 1. The van der Waals surface area contributed by atoms with Gasteiger partial charge in [0.05, 0.1) is 18.7 Å². The third-order valence-corrected chi connectivity index (χ3v) is 6.36. The van der Waals surface area contributed by atoms with Gasteiger partial charge in [0.1, 0.15) is 20.2 Å². The summed E-state index contributed by atoms with van der Waals surface area (Å²) in [4.78, 5) is 16.6. The SMILES string of the molecule is [B]c1ccc(COc2ccc(C)cc2-c2csc(N[C@H]3CC[C@@H](C(=O)OC)C3)n2)cc1. The topological polar surface area (TPSA) is 60.5 Å². The maximum absolute atomic E-state index is 11.8. The zero-order chi connectivity index (χ0) is 21.8. The number of hydrogen-bond acceptors (Lipinski definition) is 6. The number of anilines is 1. The lowest BCUT2D eigenvalue weighted by Crippen LogP contribution is -2.18. The molecule has 7 heteroatoms. The molecule has 1 saturated carbocycles. The van der Waals surface area contributed by atoms with Gasteiger partial charge < -0.3 is 14.8 Å². The molecule has 0 saturated heterocycles. The highest BCUT2D eigenvalue weighted by molar-refractivity contribution is 7.14. The number of hydrogen-bond donors (Lipinski definition) is 1. The summed E-state index contributed by atoms with van der Waals surface area (Å²) in [5, 5.41) is 6.38. The van der Waals surface area contributed by atoms with Crippen molar-refractivity contribution in [2.45, 2.75) is 38.8 Å². The van der Waals surface area contributed by atoms with Crippen molar-refractivity contribution in [1.82, 2.24) is 4.98 Å². The van der Waals surface area contributed by atoms with Crippen molar-refractivity contribution in [3.05, 3.63) is 59.0 Å². The molecule has 158 valence electrons. The minimum atomic E-state index is -0.119. The van der Waals surface area contributed by atoms with E-state index in [1.54, 1.807) is 11.3 Å². The zero-order valence-electron chi connectivity index (χ0n) is 17.8. The number of nitrogens with zero attached hydrogens (tertiary/aromatic N) is 1. The molecule has 3 aromatic rings. The Morgan fingerprint density at radius 2 is 2.03 bits per heavy atom. The summed E-state index contributed by atoms with van der Waals surface area (Å²) in [5.74, 6) is 0.657. The number of methoxy groups -OCH3 is 1. The minimum absolute atomic E-state index is 0.0213. The van der Waals surface area contributed by atoms with E-state index in [9.17, 15) is 4.79 Å². The molecule has 0 unspecified atom stereocenters. The number of rotatable bonds is 7. The van der Waals surface area contributed by atoms with Crippen molar-refractivity contribution in [3.63, 3.8) is 0 Å². The molecule has 0 bridgehead atoms. The Hall–Kier alpha value is -2.80. The third-order valence-electron chi connectivity index (χ3n) is 5.58. The molecule has 31 heavy (non-hydrogen) atoms. The summed E-state index contributed by atoms with van der Waals surface area (Å²) >= 11 is 1.57. The van der Waals surface area contributed by atoms with Crippen LogP contribution in [0.2, 0.25) is 0 Å². The van der Waals surface area contributed by atoms with Crippen LogP contribution in [0.4, 0.5) is 5.13 Å². The predicted molar refractivity (Wildman–Crippen MR) is 125 cm³/mol. The molecule has 1 N–H and O–H groups in total. The van der Waals surface area contributed by atoms with Gasteiger partial charge in [-0.05, 0) is 43.9 Å². The van der Waals surface area contributed by atoms with Crippen LogP contribution >= 0.6 is 11.3 Å². The van der Waals surface area contributed by atoms with Gasteiger partial charge in [-0.1, -0.05) is 41.4 Å². The van der Waals surface area contributed by atoms with Crippen LogP contribution in [0.1, 0.15) is 30.4 Å². The molecule has 1 fully saturated rings. The molecular formula is C24H25BN2O3S. The zero-order valence-corrected chi connectivity index (χ0v) is 18.6. The summed E-state index contributed by atoms with van der Waals surface area (Å²) in [7, 11) is 7.21. The molecule has 1 heterocycles. The van der Waals surface area contributed by atoms with E-state index in [0.29, 0.717) is 6.61 Å². The molecule has 4 rings (SSSR count). The highest BCUT2D eigenvalue weighted by Crippen LogP contribution is 2.35. The number of aryl methyl sites for hydroxylation is 1. The Morgan fingerprint density at radius 3 is 2.81 bits per heavy atom. The second-order valence-corrected chi connectivity index (χ2v) is 8.80. The van der Waals surface area contributed by atoms with Gasteiger partial charge in [0, 0.05) is 17.0 Å². The predicted octanol–water partition coefficient (Wildman–Crippen LogP) is 4.24. The summed E-state index contributed by atoms with van der Waals surface area (Å²) < 4.78 is 11.0. The summed E-state index contributed by atoms with van der Waals surface area (Å²) in [5.41, 5.74) is 4.80. The molecule has 0 spiro atoms. The van der Waals surface area contributed by atoms with Gasteiger partial charge in [-0.15, -0.1) is 11.3 Å². The van der Waals surface area contributed by atoms with Crippen molar-refractivity contribution >= 4 is 35.7 Å². The molecule has 0 aliphatic heterocycles. The van der Waals surface area contributed by atoms with Gasteiger partial charge in [-0.3, -0.25) is 4.79 Å². The van der Waals surface area contributed by atoms with E-state index < -0.39 is 0 Å². The second-order valence-electron chi connectivity index (χ2n) is 7.94. The van der Waals surface area contributed by atoms with Crippen LogP contribution in [0.3, 0.4) is 0 Å². The van der Waals surface area contributed by atoms with Gasteiger partial charge in [0.25, 0.3) is 0 Å². The maximum Gasteiger partial charge on any atom is 0.308 e. The molecule has 5 nitrogen and oxygen atoms in total. The summed E-state index contributed by atoms with van der Waals surface area (Å²) in [6.45, 7) is 2.52. The van der Waals surface area contributed by atoms with Crippen LogP contribution in [0.15, 0.2) is 47.8 Å². The Labute approximate surface area is 188 Å². The molecule has 1 aliphatic rings. The van der Waals surface area contributed by atoms with Crippen molar-refractivity contribution in [1.29, 1.82) is 0 Å². The van der Waals surface area contributed by atoms with E-state index in [2.05, 4.69) is 18.3 Å². The van der Waals surface area contributed by atoms with Crippen LogP contribution in [-0.2, 0) is 16.1 Å². The molecule has 2 atom stereocenters. The van der Waals surface area contributed by atoms with Gasteiger partial charge >= 0.3 is 5.97 Å². The quantitative estimate of drug-likeness (QED) is 0.447. The van der Waals surface area contributed by atoms with Crippen LogP contribution in [0.5, 0.6) is 5.75 Å². The average molecular weight is 432 g/mol. The van der Waals surface area contributed by atoms with Gasteiger partial charge in [0.15, 0.2) is 5.13 Å². The van der Waals surface area contributed by atoms with Gasteiger partial charge in [0.2, 0.25) is 0 Å². The first-order valence-electron chi connectivity index (χ1n) is 10.4. The van der Waals surface area contributed by atoms with Crippen LogP contribution in [0.25, 0.3) is 11.3 Å². The van der Waals surface area contributed by atoms with Gasteiger partial charge in [-0.25, -0.2) is 4.98 Å². The second kappa shape index (κ2) is 9.56. The monoisotopic (exact) mass is 432 g/mol. The first-order chi connectivity index (χ1) is 15.0. The first-order valence-corrected chi connectivity index (χ1v) is 11.3. The number of carbonyl (C=O) groups excluding carboxylic acids is 1. The van der Waals surface area contributed by atoms with Crippen molar-refractivity contribution in [2.24, 2.45) is 5.92 Å². The van der Waals surface area contributed by atoms with E-state index in [4.69, 9.17) is 22.3 Å². The fourth-order valence-electron chi connectivity index (χ4n) is 3.88. The number of esters is 1. The highest BCUT2D eigenvalue weighted by Gasteiger charge is 2.31. The lowest BCUT2D eigenvalue weighted by molar-refractivity contribution is -0.145. The number of benzene rings is 2. The van der Waals surface area contributed by atoms with E-state index >= 15 is 0 Å². The van der Waals surface area contributed by atoms with E-state index in [1.165, 1.54) is 7.11 Å². The Balaban J connectivity index is 1.46. The summed E-state index contributed by atoms with van der Waals surface area (Å²) in [6.07, 6.45) is 2.57. The molecule has 2 radical (unpaired) electrons. The van der Waals surface area contributed by atoms with E-state index in [1.807, 2.05) is 41.8 Å². The highest BCUT2D eigenvalue weighted by atomic mass is 32.1. The molecule has 2 aromatic carbocycles. The lowest BCUT2D eigenvalue weighted by Gasteiger charge is -2.12. The molecule has 0 amide bonds. The third kappa shape index (κ3) is 5.28. The molecule has 1 aromatic heterocycles. The molecule has 1 aliphatic carbocycles. The van der Waals surface area contributed by atoms with Gasteiger partial charge in [-0.2, -0.15) is 0 Å². The number of nitrogens with one attached hydrogen (secondary N) is 1. The largest absolute Gasteiger partial charge is 0.488 e.